The highest BCUT2D eigenvalue weighted by molar-refractivity contribution is 5.73. The van der Waals surface area contributed by atoms with E-state index in [1.165, 1.54) is 4.68 Å². The molecular formula is C13H20N6O. The lowest BCUT2D eigenvalue weighted by molar-refractivity contribution is -0.118. The van der Waals surface area contributed by atoms with Crippen LogP contribution >= 0.6 is 0 Å². The molecule has 0 bridgehead atoms. The lowest BCUT2D eigenvalue weighted by atomic mass is 10.1. The van der Waals surface area contributed by atoms with Crippen molar-refractivity contribution in [1.29, 1.82) is 0 Å². The topological polar surface area (TPSA) is 90.8 Å². The van der Waals surface area contributed by atoms with E-state index in [-0.39, 0.29) is 6.54 Å². The van der Waals surface area contributed by atoms with Crippen LogP contribution in [-0.4, -0.2) is 25.5 Å². The molecule has 0 aliphatic rings. The summed E-state index contributed by atoms with van der Waals surface area (Å²) in [7, 11) is 1.92. The SMILES string of the molecule is CC(C)c1nn(C)cc1CNc1cnn(CC(N)=O)c1. The van der Waals surface area contributed by atoms with Gasteiger partial charge in [0.1, 0.15) is 6.54 Å². The summed E-state index contributed by atoms with van der Waals surface area (Å²) in [5, 5.41) is 11.8. The lowest BCUT2D eigenvalue weighted by Crippen LogP contribution is -2.18. The highest BCUT2D eigenvalue weighted by atomic mass is 16.1. The number of carbonyl (C=O) groups excluding carboxylic acids is 1. The number of nitrogens with one attached hydrogen (secondary N) is 1. The first kappa shape index (κ1) is 14.1. The van der Waals surface area contributed by atoms with Crippen LogP contribution in [0.15, 0.2) is 18.6 Å². The minimum atomic E-state index is -0.408. The smallest absolute Gasteiger partial charge is 0.239 e. The summed E-state index contributed by atoms with van der Waals surface area (Å²) in [5.74, 6) is -0.0282. The molecule has 2 heterocycles. The average molecular weight is 276 g/mol. The predicted molar refractivity (Wildman–Crippen MR) is 76.0 cm³/mol. The first-order chi connectivity index (χ1) is 9.45. The number of aromatic nitrogens is 4. The van der Waals surface area contributed by atoms with Gasteiger partial charge in [-0.2, -0.15) is 10.2 Å². The Hall–Kier alpha value is -2.31. The third-order valence-corrected chi connectivity index (χ3v) is 2.92. The Morgan fingerprint density at radius 1 is 1.45 bits per heavy atom. The maximum atomic E-state index is 10.8. The Bertz CT molecular complexity index is 598. The molecule has 0 radical (unpaired) electrons. The minimum Gasteiger partial charge on any atom is -0.378 e. The van der Waals surface area contributed by atoms with Crippen molar-refractivity contribution in [3.8, 4) is 0 Å². The minimum absolute atomic E-state index is 0.0891. The first-order valence-corrected chi connectivity index (χ1v) is 6.52. The zero-order chi connectivity index (χ0) is 14.7. The van der Waals surface area contributed by atoms with Crippen LogP contribution in [0.5, 0.6) is 0 Å². The maximum absolute atomic E-state index is 10.8. The molecule has 2 rings (SSSR count). The van der Waals surface area contributed by atoms with Crippen molar-refractivity contribution in [3.05, 3.63) is 29.8 Å². The number of nitrogens with two attached hydrogens (primary N) is 1. The lowest BCUT2D eigenvalue weighted by Gasteiger charge is -2.06. The van der Waals surface area contributed by atoms with Crippen molar-refractivity contribution in [1.82, 2.24) is 19.6 Å². The fraction of sp³-hybridized carbons (Fsp3) is 0.462. The van der Waals surface area contributed by atoms with Crippen molar-refractivity contribution < 1.29 is 4.79 Å². The van der Waals surface area contributed by atoms with E-state index in [2.05, 4.69) is 29.4 Å². The van der Waals surface area contributed by atoms with E-state index < -0.39 is 5.91 Å². The Morgan fingerprint density at radius 2 is 2.20 bits per heavy atom. The van der Waals surface area contributed by atoms with Crippen molar-refractivity contribution in [2.75, 3.05) is 5.32 Å². The van der Waals surface area contributed by atoms with E-state index in [0.717, 1.165) is 16.9 Å². The largest absolute Gasteiger partial charge is 0.378 e. The summed E-state index contributed by atoms with van der Waals surface area (Å²) in [6.07, 6.45) is 5.45. The number of carbonyl (C=O) groups is 1. The monoisotopic (exact) mass is 276 g/mol. The van der Waals surface area contributed by atoms with Gasteiger partial charge in [-0.15, -0.1) is 0 Å². The van der Waals surface area contributed by atoms with Gasteiger partial charge in [0.2, 0.25) is 5.91 Å². The van der Waals surface area contributed by atoms with Gasteiger partial charge >= 0.3 is 0 Å². The molecule has 0 fully saturated rings. The molecule has 108 valence electrons. The second-order valence-corrected chi connectivity index (χ2v) is 5.11. The summed E-state index contributed by atoms with van der Waals surface area (Å²) in [5.41, 5.74) is 8.22. The molecule has 2 aromatic rings. The molecule has 7 nitrogen and oxygen atoms in total. The van der Waals surface area contributed by atoms with Crippen molar-refractivity contribution >= 4 is 11.6 Å². The van der Waals surface area contributed by atoms with Crippen LogP contribution in [-0.2, 0) is 24.9 Å². The van der Waals surface area contributed by atoms with Crippen LogP contribution in [0.25, 0.3) is 0 Å². The number of aryl methyl sites for hydroxylation is 1. The molecule has 0 atom stereocenters. The maximum Gasteiger partial charge on any atom is 0.239 e. The Labute approximate surface area is 117 Å². The van der Waals surface area contributed by atoms with Crippen LogP contribution in [0.3, 0.4) is 0 Å². The number of hydrogen-bond donors (Lipinski definition) is 2. The van der Waals surface area contributed by atoms with Crippen molar-refractivity contribution in [2.45, 2.75) is 32.9 Å². The molecule has 2 aromatic heterocycles. The number of nitrogens with zero attached hydrogens (tertiary/aromatic N) is 4. The summed E-state index contributed by atoms with van der Waals surface area (Å²) in [4.78, 5) is 10.8. The van der Waals surface area contributed by atoms with Gasteiger partial charge in [-0.1, -0.05) is 13.8 Å². The predicted octanol–water partition coefficient (Wildman–Crippen LogP) is 0.837. The average Bonchev–Trinajstić information content (AvgIpc) is 2.92. The first-order valence-electron chi connectivity index (χ1n) is 6.52. The molecule has 1 amide bonds. The fourth-order valence-electron chi connectivity index (χ4n) is 2.08. The van der Waals surface area contributed by atoms with E-state index in [4.69, 9.17) is 5.73 Å². The van der Waals surface area contributed by atoms with E-state index >= 15 is 0 Å². The van der Waals surface area contributed by atoms with Gasteiger partial charge in [-0.25, -0.2) is 0 Å². The number of primary amides is 1. The third kappa shape index (κ3) is 3.37. The number of rotatable bonds is 6. The molecule has 3 N–H and O–H groups in total. The van der Waals surface area contributed by atoms with Crippen LogP contribution in [0, 0.1) is 0 Å². The second-order valence-electron chi connectivity index (χ2n) is 5.11. The fourth-order valence-corrected chi connectivity index (χ4v) is 2.08. The second kappa shape index (κ2) is 5.77. The Morgan fingerprint density at radius 3 is 2.85 bits per heavy atom. The van der Waals surface area contributed by atoms with Crippen molar-refractivity contribution in [3.63, 3.8) is 0 Å². The van der Waals surface area contributed by atoms with E-state index in [9.17, 15) is 4.79 Å². The summed E-state index contributed by atoms with van der Waals surface area (Å²) >= 11 is 0. The zero-order valence-corrected chi connectivity index (χ0v) is 12.0. The van der Waals surface area contributed by atoms with Crippen LogP contribution in [0.4, 0.5) is 5.69 Å². The number of hydrogen-bond acceptors (Lipinski definition) is 4. The number of amides is 1. The summed E-state index contributed by atoms with van der Waals surface area (Å²) in [6, 6.07) is 0. The highest BCUT2D eigenvalue weighted by Crippen LogP contribution is 2.18. The Balaban J connectivity index is 2.01. The molecule has 0 saturated carbocycles. The number of anilines is 1. The Kier molecular flexibility index (Phi) is 4.07. The van der Waals surface area contributed by atoms with E-state index in [1.807, 2.05) is 17.9 Å². The summed E-state index contributed by atoms with van der Waals surface area (Å²) in [6.45, 7) is 5.00. The standard InChI is InChI=1S/C13H20N6O/c1-9(2)13-10(6-18(3)17-13)4-15-11-5-16-19(7-11)8-12(14)20/h5-7,9,15H,4,8H2,1-3H3,(H2,14,20). The molecule has 20 heavy (non-hydrogen) atoms. The molecule has 0 unspecified atom stereocenters. The van der Waals surface area contributed by atoms with Gasteiger partial charge < -0.3 is 11.1 Å². The third-order valence-electron chi connectivity index (χ3n) is 2.92. The van der Waals surface area contributed by atoms with Crippen LogP contribution in [0.1, 0.15) is 31.0 Å². The quantitative estimate of drug-likeness (QED) is 0.818. The van der Waals surface area contributed by atoms with E-state index in [0.29, 0.717) is 12.5 Å². The molecular weight excluding hydrogens is 256 g/mol. The van der Waals surface area contributed by atoms with Crippen LogP contribution < -0.4 is 11.1 Å². The molecule has 0 saturated heterocycles. The van der Waals surface area contributed by atoms with E-state index in [1.54, 1.807) is 12.4 Å². The van der Waals surface area contributed by atoms with Gasteiger partial charge in [0.15, 0.2) is 0 Å². The van der Waals surface area contributed by atoms with Gasteiger partial charge in [0.25, 0.3) is 0 Å². The molecule has 0 aliphatic heterocycles. The van der Waals surface area contributed by atoms with Crippen LogP contribution in [0.2, 0.25) is 0 Å². The molecule has 0 aromatic carbocycles. The highest BCUT2D eigenvalue weighted by Gasteiger charge is 2.11. The zero-order valence-electron chi connectivity index (χ0n) is 12.0. The van der Waals surface area contributed by atoms with Gasteiger partial charge in [-0.3, -0.25) is 14.2 Å². The van der Waals surface area contributed by atoms with Gasteiger partial charge in [-0.05, 0) is 5.92 Å². The molecule has 7 heteroatoms. The van der Waals surface area contributed by atoms with Gasteiger partial charge in [0, 0.05) is 31.5 Å². The van der Waals surface area contributed by atoms with Crippen molar-refractivity contribution in [2.24, 2.45) is 12.8 Å². The normalized spacial score (nSPS) is 11.0. The molecule has 0 spiro atoms. The van der Waals surface area contributed by atoms with Gasteiger partial charge in [0.05, 0.1) is 17.6 Å². The summed E-state index contributed by atoms with van der Waals surface area (Å²) < 4.78 is 3.33. The molecule has 0 aliphatic carbocycles.